The normalized spacial score (nSPS) is 24.8. The summed E-state index contributed by atoms with van der Waals surface area (Å²) in [6.45, 7) is 0.938. The van der Waals surface area contributed by atoms with Crippen LogP contribution in [0.15, 0.2) is 41.8 Å². The number of rotatable bonds is 5. The Hall–Kier alpha value is -1.90. The molecule has 0 aliphatic carbocycles. The average molecular weight is 407 g/mol. The highest BCUT2D eigenvalue weighted by Crippen LogP contribution is 2.32. The van der Waals surface area contributed by atoms with E-state index < -0.39 is 9.84 Å². The molecule has 144 valence electrons. The van der Waals surface area contributed by atoms with Gasteiger partial charge in [-0.05, 0) is 42.1 Å². The number of hydrogen-bond donors (Lipinski definition) is 0. The lowest BCUT2D eigenvalue weighted by molar-refractivity contribution is -0.123. The lowest BCUT2D eigenvalue weighted by atomic mass is 10.0. The van der Waals surface area contributed by atoms with Crippen molar-refractivity contribution in [3.63, 3.8) is 0 Å². The average Bonchev–Trinajstić information content (AvgIpc) is 3.26. The van der Waals surface area contributed by atoms with E-state index in [1.807, 2.05) is 23.6 Å². The lowest BCUT2D eigenvalue weighted by Gasteiger charge is -2.43. The third-order valence-corrected chi connectivity index (χ3v) is 7.91. The van der Waals surface area contributed by atoms with Crippen LogP contribution < -0.4 is 9.64 Å². The van der Waals surface area contributed by atoms with Gasteiger partial charge in [0.1, 0.15) is 5.75 Å². The molecule has 1 amide bonds. The Kier molecular flexibility index (Phi) is 4.96. The number of thiophene rings is 1. The van der Waals surface area contributed by atoms with Crippen molar-refractivity contribution in [2.45, 2.75) is 18.5 Å². The molecule has 0 bridgehead atoms. The summed E-state index contributed by atoms with van der Waals surface area (Å²) < 4.78 is 29.9. The maximum absolute atomic E-state index is 12.9. The summed E-state index contributed by atoms with van der Waals surface area (Å²) in [4.78, 5) is 17.9. The fourth-order valence-corrected chi connectivity index (χ4v) is 6.67. The predicted molar refractivity (Wildman–Crippen MR) is 106 cm³/mol. The summed E-state index contributed by atoms with van der Waals surface area (Å²) >= 11 is 1.69. The molecule has 0 saturated carbocycles. The lowest BCUT2D eigenvalue weighted by Crippen LogP contribution is -2.62. The molecule has 2 aliphatic rings. The number of nitrogens with zero attached hydrogens (tertiary/aromatic N) is 2. The van der Waals surface area contributed by atoms with Crippen LogP contribution in [0.5, 0.6) is 5.75 Å². The van der Waals surface area contributed by atoms with E-state index in [0.29, 0.717) is 12.3 Å². The number of fused-ring (bicyclic) bond motifs is 1. The fourth-order valence-electron chi connectivity index (χ4n) is 3.99. The van der Waals surface area contributed by atoms with Crippen LogP contribution in [0, 0.1) is 0 Å². The van der Waals surface area contributed by atoms with Crippen molar-refractivity contribution in [2.75, 3.05) is 36.6 Å². The first-order valence-electron chi connectivity index (χ1n) is 8.90. The molecule has 0 spiro atoms. The van der Waals surface area contributed by atoms with Gasteiger partial charge in [0.15, 0.2) is 9.84 Å². The molecule has 6 nitrogen and oxygen atoms in total. The van der Waals surface area contributed by atoms with Gasteiger partial charge in [0.2, 0.25) is 5.91 Å². The Morgan fingerprint density at radius 2 is 1.89 bits per heavy atom. The van der Waals surface area contributed by atoms with E-state index in [0.717, 1.165) is 12.1 Å². The third kappa shape index (κ3) is 3.74. The van der Waals surface area contributed by atoms with E-state index in [1.54, 1.807) is 35.5 Å². The molecule has 2 atom stereocenters. The number of carbonyl (C=O) groups is 1. The van der Waals surface area contributed by atoms with Crippen molar-refractivity contribution in [1.29, 1.82) is 0 Å². The highest BCUT2D eigenvalue weighted by molar-refractivity contribution is 7.91. The molecule has 0 N–H and O–H groups in total. The van der Waals surface area contributed by atoms with Crippen LogP contribution in [0.3, 0.4) is 0 Å². The minimum Gasteiger partial charge on any atom is -0.497 e. The second kappa shape index (κ2) is 7.26. The number of amides is 1. The van der Waals surface area contributed by atoms with E-state index >= 15 is 0 Å². The number of piperazine rings is 1. The molecule has 0 unspecified atom stereocenters. The molecule has 3 heterocycles. The SMILES string of the molecule is COc1ccc(N2C(=O)CN(CCc3cccs3)[C@H]3CS(=O)(=O)C[C@@H]32)cc1. The Morgan fingerprint density at radius 1 is 1.15 bits per heavy atom. The third-order valence-electron chi connectivity index (χ3n) is 5.28. The predicted octanol–water partition coefficient (Wildman–Crippen LogP) is 1.81. The minimum absolute atomic E-state index is 0.0188. The van der Waals surface area contributed by atoms with E-state index in [-0.39, 0.29) is 36.0 Å². The van der Waals surface area contributed by atoms with Gasteiger partial charge in [-0.3, -0.25) is 9.69 Å². The summed E-state index contributed by atoms with van der Waals surface area (Å²) in [5.74, 6) is 0.786. The van der Waals surface area contributed by atoms with Gasteiger partial charge in [-0.25, -0.2) is 8.42 Å². The van der Waals surface area contributed by atoms with Gasteiger partial charge in [-0.1, -0.05) is 6.07 Å². The number of hydrogen-bond acceptors (Lipinski definition) is 6. The molecule has 4 rings (SSSR count). The maximum atomic E-state index is 12.9. The molecule has 2 aromatic rings. The minimum atomic E-state index is -3.17. The highest BCUT2D eigenvalue weighted by Gasteiger charge is 2.49. The van der Waals surface area contributed by atoms with Crippen LogP contribution in [0.4, 0.5) is 5.69 Å². The van der Waals surface area contributed by atoms with Gasteiger partial charge in [-0.2, -0.15) is 0 Å². The largest absolute Gasteiger partial charge is 0.497 e. The summed E-state index contributed by atoms with van der Waals surface area (Å²) in [6, 6.07) is 10.8. The van der Waals surface area contributed by atoms with Crippen LogP contribution >= 0.6 is 11.3 Å². The first kappa shape index (κ1) is 18.5. The zero-order valence-electron chi connectivity index (χ0n) is 15.1. The molecule has 2 fully saturated rings. The fraction of sp³-hybridized carbons (Fsp3) is 0.421. The Balaban J connectivity index is 1.59. The summed E-state index contributed by atoms with van der Waals surface area (Å²) in [5.41, 5.74) is 0.728. The van der Waals surface area contributed by atoms with Crippen molar-refractivity contribution in [1.82, 2.24) is 4.90 Å². The second-order valence-corrected chi connectivity index (χ2v) is 10.2. The number of anilines is 1. The number of carbonyl (C=O) groups excluding carboxylic acids is 1. The smallest absolute Gasteiger partial charge is 0.241 e. The number of sulfone groups is 1. The molecule has 1 aromatic heterocycles. The van der Waals surface area contributed by atoms with Gasteiger partial charge in [0.25, 0.3) is 0 Å². The molecule has 27 heavy (non-hydrogen) atoms. The van der Waals surface area contributed by atoms with E-state index in [2.05, 4.69) is 11.0 Å². The number of benzene rings is 1. The monoisotopic (exact) mass is 406 g/mol. The zero-order chi connectivity index (χ0) is 19.0. The van der Waals surface area contributed by atoms with Crippen molar-refractivity contribution < 1.29 is 17.9 Å². The Labute approximate surface area is 163 Å². The molecule has 1 aromatic carbocycles. The van der Waals surface area contributed by atoms with Crippen LogP contribution in [-0.2, 0) is 21.1 Å². The first-order valence-corrected chi connectivity index (χ1v) is 11.6. The Bertz CT molecular complexity index is 910. The van der Waals surface area contributed by atoms with E-state index in [9.17, 15) is 13.2 Å². The quantitative estimate of drug-likeness (QED) is 0.758. The van der Waals surface area contributed by atoms with E-state index in [4.69, 9.17) is 4.74 Å². The van der Waals surface area contributed by atoms with Crippen LogP contribution in [0.1, 0.15) is 4.88 Å². The number of ether oxygens (including phenoxy) is 1. The molecule has 8 heteroatoms. The number of methoxy groups -OCH3 is 1. The van der Waals surface area contributed by atoms with Gasteiger partial charge < -0.3 is 9.64 Å². The first-order chi connectivity index (χ1) is 13.0. The molecular formula is C19H22N2O4S2. The van der Waals surface area contributed by atoms with E-state index in [1.165, 1.54) is 4.88 Å². The van der Waals surface area contributed by atoms with Gasteiger partial charge in [-0.15, -0.1) is 11.3 Å². The van der Waals surface area contributed by atoms with Crippen molar-refractivity contribution in [3.05, 3.63) is 46.7 Å². The topological polar surface area (TPSA) is 66.9 Å². The van der Waals surface area contributed by atoms with Gasteiger partial charge >= 0.3 is 0 Å². The zero-order valence-corrected chi connectivity index (χ0v) is 16.7. The standard InChI is InChI=1S/C19H22N2O4S2/c1-25-15-6-4-14(5-7-15)21-18-13-27(23,24)12-17(18)20(11-19(21)22)9-8-16-3-2-10-26-16/h2-7,10,17-18H,8-9,11-13H2,1H3/t17-,18-/m0/s1. The molecular weight excluding hydrogens is 384 g/mol. The molecule has 0 radical (unpaired) electrons. The van der Waals surface area contributed by atoms with Gasteiger partial charge in [0.05, 0.1) is 31.2 Å². The van der Waals surface area contributed by atoms with Crippen LogP contribution in [0.25, 0.3) is 0 Å². The summed E-state index contributed by atoms with van der Waals surface area (Å²) in [6.07, 6.45) is 0.830. The second-order valence-electron chi connectivity index (χ2n) is 6.97. The van der Waals surface area contributed by atoms with Crippen molar-refractivity contribution in [3.8, 4) is 5.75 Å². The molecule has 2 saturated heterocycles. The highest BCUT2D eigenvalue weighted by atomic mass is 32.2. The maximum Gasteiger partial charge on any atom is 0.241 e. The summed E-state index contributed by atoms with van der Waals surface area (Å²) in [5, 5.41) is 2.03. The van der Waals surface area contributed by atoms with Crippen molar-refractivity contribution >= 4 is 32.8 Å². The summed E-state index contributed by atoms with van der Waals surface area (Å²) in [7, 11) is -1.58. The van der Waals surface area contributed by atoms with Crippen LogP contribution in [0.2, 0.25) is 0 Å². The van der Waals surface area contributed by atoms with Crippen LogP contribution in [-0.4, -0.2) is 63.0 Å². The van der Waals surface area contributed by atoms with Gasteiger partial charge in [0, 0.05) is 23.2 Å². The Morgan fingerprint density at radius 3 is 2.56 bits per heavy atom. The van der Waals surface area contributed by atoms with Crippen molar-refractivity contribution in [2.24, 2.45) is 0 Å². The molecule has 2 aliphatic heterocycles.